The van der Waals surface area contributed by atoms with Crippen LogP contribution in [0.15, 0.2) is 17.8 Å². The molecule has 5 nitrogen and oxygen atoms in total. The molecule has 114 valence electrons. The van der Waals surface area contributed by atoms with Gasteiger partial charge in [-0.2, -0.15) is 5.10 Å². The number of hydrogen-bond acceptors (Lipinski definition) is 3. The Hall–Kier alpha value is -1.33. The third-order valence-electron chi connectivity index (χ3n) is 4.28. The maximum absolute atomic E-state index is 12.5. The van der Waals surface area contributed by atoms with Gasteiger partial charge in [-0.05, 0) is 26.2 Å². The van der Waals surface area contributed by atoms with Gasteiger partial charge in [0.2, 0.25) is 0 Å². The number of nitrogens with zero attached hydrogens (tertiary/aromatic N) is 3. The summed E-state index contributed by atoms with van der Waals surface area (Å²) >= 11 is 6.06. The zero-order valence-electron chi connectivity index (χ0n) is 12.4. The van der Waals surface area contributed by atoms with Gasteiger partial charge in [-0.25, -0.2) is 0 Å². The van der Waals surface area contributed by atoms with Crippen molar-refractivity contribution in [1.82, 2.24) is 14.7 Å². The number of halogens is 1. The summed E-state index contributed by atoms with van der Waals surface area (Å²) < 4.78 is 7.55. The van der Waals surface area contributed by atoms with E-state index in [-0.39, 0.29) is 11.5 Å². The van der Waals surface area contributed by atoms with Crippen LogP contribution in [-0.2, 0) is 11.8 Å². The maximum Gasteiger partial charge on any atom is 0.275 e. The molecule has 0 bridgehead atoms. The molecule has 1 spiro atoms. The Balaban J connectivity index is 1.70. The zero-order valence-corrected chi connectivity index (χ0v) is 13.2. The fourth-order valence-electron chi connectivity index (χ4n) is 3.11. The summed E-state index contributed by atoms with van der Waals surface area (Å²) in [4.78, 5) is 14.3. The van der Waals surface area contributed by atoms with Crippen LogP contribution in [0.25, 0.3) is 0 Å². The third kappa shape index (κ3) is 2.85. The molecule has 1 fully saturated rings. The van der Waals surface area contributed by atoms with Gasteiger partial charge in [0.25, 0.3) is 5.91 Å². The number of aryl methyl sites for hydroxylation is 1. The van der Waals surface area contributed by atoms with E-state index >= 15 is 0 Å². The van der Waals surface area contributed by atoms with Gasteiger partial charge in [-0.1, -0.05) is 23.3 Å². The Morgan fingerprint density at radius 1 is 1.43 bits per heavy atom. The molecule has 2 aliphatic heterocycles. The fraction of sp³-hybridized carbons (Fsp3) is 0.600. The fourth-order valence-corrected chi connectivity index (χ4v) is 3.37. The Morgan fingerprint density at radius 2 is 2.14 bits per heavy atom. The van der Waals surface area contributed by atoms with E-state index in [9.17, 15) is 4.79 Å². The van der Waals surface area contributed by atoms with Gasteiger partial charge in [0.1, 0.15) is 0 Å². The molecule has 0 saturated carbocycles. The predicted octanol–water partition coefficient (Wildman–Crippen LogP) is 2.41. The van der Waals surface area contributed by atoms with Crippen LogP contribution < -0.4 is 0 Å². The van der Waals surface area contributed by atoms with Crippen molar-refractivity contribution in [2.75, 3.05) is 19.7 Å². The first-order valence-electron chi connectivity index (χ1n) is 7.30. The lowest BCUT2D eigenvalue weighted by Crippen LogP contribution is -2.48. The number of aromatic nitrogens is 2. The van der Waals surface area contributed by atoms with Crippen LogP contribution in [0.1, 0.15) is 36.7 Å². The lowest BCUT2D eigenvalue weighted by atomic mass is 9.87. The summed E-state index contributed by atoms with van der Waals surface area (Å²) in [6.45, 7) is 4.28. The Kier molecular flexibility index (Phi) is 3.80. The van der Waals surface area contributed by atoms with Crippen LogP contribution in [0.4, 0.5) is 0 Å². The molecule has 0 atom stereocenters. The molecule has 1 saturated heterocycles. The van der Waals surface area contributed by atoms with E-state index in [1.165, 1.54) is 5.57 Å². The highest BCUT2D eigenvalue weighted by Crippen LogP contribution is 2.33. The highest BCUT2D eigenvalue weighted by Gasteiger charge is 2.37. The molecule has 1 aromatic heterocycles. The largest absolute Gasteiger partial charge is 0.370 e. The van der Waals surface area contributed by atoms with Gasteiger partial charge >= 0.3 is 0 Å². The van der Waals surface area contributed by atoms with Gasteiger partial charge < -0.3 is 9.64 Å². The second-order valence-electron chi connectivity index (χ2n) is 5.95. The number of carbonyl (C=O) groups excluding carboxylic acids is 1. The van der Waals surface area contributed by atoms with Crippen molar-refractivity contribution in [1.29, 1.82) is 0 Å². The lowest BCUT2D eigenvalue weighted by Gasteiger charge is -2.42. The number of likely N-dealkylation sites (tertiary alicyclic amines) is 1. The number of hydrogen-bond donors (Lipinski definition) is 0. The average molecular weight is 310 g/mol. The van der Waals surface area contributed by atoms with Crippen LogP contribution >= 0.6 is 11.6 Å². The zero-order chi connectivity index (χ0) is 15.0. The third-order valence-corrected chi connectivity index (χ3v) is 4.56. The second-order valence-corrected chi connectivity index (χ2v) is 6.35. The first kappa shape index (κ1) is 14.6. The number of ether oxygens (including phenoxy) is 1. The Bertz CT molecular complexity index is 586. The van der Waals surface area contributed by atoms with E-state index < -0.39 is 0 Å². The lowest BCUT2D eigenvalue weighted by molar-refractivity contribution is -0.0522. The Labute approximate surface area is 129 Å². The molecular weight excluding hydrogens is 290 g/mol. The first-order valence-corrected chi connectivity index (χ1v) is 7.68. The van der Waals surface area contributed by atoms with Crippen molar-refractivity contribution in [3.05, 3.63) is 28.6 Å². The van der Waals surface area contributed by atoms with Crippen LogP contribution in [0.3, 0.4) is 0 Å². The number of piperidine rings is 1. The molecule has 21 heavy (non-hydrogen) atoms. The predicted molar refractivity (Wildman–Crippen MR) is 80.4 cm³/mol. The van der Waals surface area contributed by atoms with Gasteiger partial charge in [-0.15, -0.1) is 0 Å². The summed E-state index contributed by atoms with van der Waals surface area (Å²) in [6.07, 6.45) is 6.57. The molecule has 1 amide bonds. The van der Waals surface area contributed by atoms with Crippen molar-refractivity contribution >= 4 is 17.5 Å². The van der Waals surface area contributed by atoms with Gasteiger partial charge in [-0.3, -0.25) is 9.48 Å². The smallest absolute Gasteiger partial charge is 0.275 e. The summed E-state index contributed by atoms with van der Waals surface area (Å²) in [5, 5.41) is 4.56. The van der Waals surface area contributed by atoms with E-state index in [0.717, 1.165) is 25.9 Å². The minimum Gasteiger partial charge on any atom is -0.370 e. The van der Waals surface area contributed by atoms with Crippen molar-refractivity contribution in [3.63, 3.8) is 0 Å². The first-order chi connectivity index (χ1) is 9.99. The molecule has 6 heteroatoms. The number of amides is 1. The van der Waals surface area contributed by atoms with E-state index in [4.69, 9.17) is 16.3 Å². The van der Waals surface area contributed by atoms with E-state index in [0.29, 0.717) is 23.8 Å². The molecule has 0 unspecified atom stereocenters. The van der Waals surface area contributed by atoms with E-state index in [1.807, 2.05) is 4.90 Å². The van der Waals surface area contributed by atoms with E-state index in [2.05, 4.69) is 18.1 Å². The van der Waals surface area contributed by atoms with Crippen LogP contribution in [0.2, 0.25) is 5.02 Å². The molecule has 0 radical (unpaired) electrons. The van der Waals surface area contributed by atoms with Gasteiger partial charge in [0.05, 0.1) is 17.2 Å². The number of carbonyl (C=O) groups is 1. The SMILES string of the molecule is CC1=CC2(CCN(C(=O)c3nn(C)cc3Cl)CC2)OCC1. The number of rotatable bonds is 1. The molecule has 0 aromatic carbocycles. The molecule has 0 aliphatic carbocycles. The monoisotopic (exact) mass is 309 g/mol. The highest BCUT2D eigenvalue weighted by molar-refractivity contribution is 6.33. The molecular formula is C15H20ClN3O2. The molecule has 1 aromatic rings. The van der Waals surface area contributed by atoms with Crippen molar-refractivity contribution in [2.24, 2.45) is 7.05 Å². The van der Waals surface area contributed by atoms with Crippen molar-refractivity contribution in [2.45, 2.75) is 31.8 Å². The summed E-state index contributed by atoms with van der Waals surface area (Å²) in [5.74, 6) is -0.0908. The quantitative estimate of drug-likeness (QED) is 0.749. The molecule has 3 rings (SSSR count). The normalized spacial score (nSPS) is 21.5. The molecule has 2 aliphatic rings. The summed E-state index contributed by atoms with van der Waals surface area (Å²) in [5.41, 5.74) is 1.55. The summed E-state index contributed by atoms with van der Waals surface area (Å²) in [7, 11) is 1.76. The van der Waals surface area contributed by atoms with Crippen molar-refractivity contribution < 1.29 is 9.53 Å². The standard InChI is InChI=1S/C15H20ClN3O2/c1-11-3-8-21-15(9-11)4-6-19(7-5-15)14(20)13-12(16)10-18(2)17-13/h9-10H,3-8H2,1-2H3. The van der Waals surface area contributed by atoms with Crippen LogP contribution in [0.5, 0.6) is 0 Å². The molecule has 3 heterocycles. The van der Waals surface area contributed by atoms with Gasteiger partial charge in [0.15, 0.2) is 5.69 Å². The van der Waals surface area contributed by atoms with Crippen molar-refractivity contribution in [3.8, 4) is 0 Å². The molecule has 0 N–H and O–H groups in total. The van der Waals surface area contributed by atoms with Crippen LogP contribution in [-0.4, -0.2) is 45.9 Å². The summed E-state index contributed by atoms with van der Waals surface area (Å²) in [6, 6.07) is 0. The van der Waals surface area contributed by atoms with Crippen LogP contribution in [0, 0.1) is 0 Å². The Morgan fingerprint density at radius 3 is 2.71 bits per heavy atom. The van der Waals surface area contributed by atoms with Gasteiger partial charge in [0, 0.05) is 26.3 Å². The minimum absolute atomic E-state index is 0.0908. The highest BCUT2D eigenvalue weighted by atomic mass is 35.5. The topological polar surface area (TPSA) is 47.4 Å². The van der Waals surface area contributed by atoms with E-state index in [1.54, 1.807) is 17.9 Å². The minimum atomic E-state index is -0.174. The maximum atomic E-state index is 12.5. The second kappa shape index (κ2) is 5.46. The average Bonchev–Trinajstić information content (AvgIpc) is 2.78.